The molecule has 4 unspecified atom stereocenters. The maximum Gasteiger partial charge on any atom is 0.326 e. The minimum Gasteiger partial charge on any atom is -0.481 e. The molecule has 0 radical (unpaired) electrons. The van der Waals surface area contributed by atoms with E-state index in [2.05, 4.69) is 20.9 Å². The van der Waals surface area contributed by atoms with Crippen LogP contribution in [0.2, 0.25) is 0 Å². The van der Waals surface area contributed by atoms with Gasteiger partial charge < -0.3 is 43.4 Å². The van der Waals surface area contributed by atoms with Crippen LogP contribution in [0.4, 0.5) is 0 Å². The molecular formula is C21H39N7O7S. The molecule has 0 heterocycles. The molecule has 0 bridgehead atoms. The number of nitrogens with one attached hydrogen (secondary N) is 3. The number of carbonyl (C=O) groups excluding carboxylic acids is 3. The smallest absolute Gasteiger partial charge is 0.326 e. The Bertz CT molecular complexity index is 791. The molecular weight excluding hydrogens is 494 g/mol. The van der Waals surface area contributed by atoms with Crippen molar-refractivity contribution in [3.63, 3.8) is 0 Å². The van der Waals surface area contributed by atoms with Gasteiger partial charge >= 0.3 is 11.9 Å². The molecule has 11 N–H and O–H groups in total. The summed E-state index contributed by atoms with van der Waals surface area (Å²) in [5, 5.41) is 25.6. The number of hydrogen-bond acceptors (Lipinski definition) is 8. The highest BCUT2D eigenvalue weighted by molar-refractivity contribution is 7.98. The van der Waals surface area contributed by atoms with Gasteiger partial charge in [-0.2, -0.15) is 11.8 Å². The highest BCUT2D eigenvalue weighted by Crippen LogP contribution is 2.08. The van der Waals surface area contributed by atoms with Crippen LogP contribution in [0.5, 0.6) is 0 Å². The van der Waals surface area contributed by atoms with E-state index in [4.69, 9.17) is 22.3 Å². The molecule has 0 saturated carbocycles. The van der Waals surface area contributed by atoms with Crippen molar-refractivity contribution in [3.8, 4) is 0 Å². The molecule has 36 heavy (non-hydrogen) atoms. The van der Waals surface area contributed by atoms with Gasteiger partial charge in [-0.25, -0.2) is 4.79 Å². The van der Waals surface area contributed by atoms with Gasteiger partial charge in [-0.15, -0.1) is 0 Å². The van der Waals surface area contributed by atoms with E-state index in [-0.39, 0.29) is 31.1 Å². The van der Waals surface area contributed by atoms with Crippen molar-refractivity contribution in [2.75, 3.05) is 18.6 Å². The zero-order chi connectivity index (χ0) is 27.8. The number of aliphatic carboxylic acids is 2. The number of thioether (sulfide) groups is 1. The van der Waals surface area contributed by atoms with Crippen LogP contribution in [-0.2, 0) is 24.0 Å². The van der Waals surface area contributed by atoms with E-state index in [1.54, 1.807) is 20.1 Å². The molecule has 0 aromatic carbocycles. The highest BCUT2D eigenvalue weighted by Gasteiger charge is 2.31. The Hall–Kier alpha value is -3.07. The summed E-state index contributed by atoms with van der Waals surface area (Å²) in [7, 11) is 0. The quantitative estimate of drug-likeness (QED) is 0.0553. The molecule has 0 aliphatic carbocycles. The maximum atomic E-state index is 13.0. The van der Waals surface area contributed by atoms with E-state index in [0.29, 0.717) is 18.7 Å². The number of guanidine groups is 1. The number of carboxylic acid groups (broad SMARTS) is 2. The Morgan fingerprint density at radius 2 is 1.50 bits per heavy atom. The van der Waals surface area contributed by atoms with E-state index in [1.165, 1.54) is 11.8 Å². The van der Waals surface area contributed by atoms with Gasteiger partial charge in [0.25, 0.3) is 0 Å². The summed E-state index contributed by atoms with van der Waals surface area (Å²) in [6.45, 7) is 3.71. The summed E-state index contributed by atoms with van der Waals surface area (Å²) in [6.07, 6.45) is 1.95. The van der Waals surface area contributed by atoms with E-state index in [0.717, 1.165) is 0 Å². The van der Waals surface area contributed by atoms with Gasteiger partial charge in [-0.1, -0.05) is 13.8 Å². The van der Waals surface area contributed by atoms with Crippen molar-refractivity contribution in [1.82, 2.24) is 16.0 Å². The fraction of sp³-hybridized carbons (Fsp3) is 0.714. The second-order valence-corrected chi connectivity index (χ2v) is 9.45. The number of carboxylic acids is 2. The molecule has 15 heteroatoms. The normalized spacial score (nSPS) is 14.1. The number of hydrogen-bond donors (Lipinski definition) is 8. The summed E-state index contributed by atoms with van der Waals surface area (Å²) < 4.78 is 0. The summed E-state index contributed by atoms with van der Waals surface area (Å²) in [6, 6.07) is -4.44. The molecule has 0 aromatic heterocycles. The summed E-state index contributed by atoms with van der Waals surface area (Å²) in [5.41, 5.74) is 16.4. The minimum absolute atomic E-state index is 0.0683. The molecule has 14 nitrogen and oxygen atoms in total. The monoisotopic (exact) mass is 533 g/mol. The molecule has 0 rings (SSSR count). The lowest BCUT2D eigenvalue weighted by molar-refractivity contribution is -0.143. The van der Waals surface area contributed by atoms with Crippen LogP contribution in [-0.4, -0.2) is 88.6 Å². The van der Waals surface area contributed by atoms with Crippen LogP contribution in [0, 0.1) is 5.92 Å². The molecule has 0 aromatic rings. The second-order valence-electron chi connectivity index (χ2n) is 8.46. The predicted molar refractivity (Wildman–Crippen MR) is 136 cm³/mol. The highest BCUT2D eigenvalue weighted by atomic mass is 32.2. The molecule has 0 aliphatic heterocycles. The molecule has 0 saturated heterocycles. The van der Waals surface area contributed by atoms with Crippen molar-refractivity contribution in [2.45, 2.75) is 70.1 Å². The van der Waals surface area contributed by atoms with E-state index < -0.39 is 60.2 Å². The SMILES string of the molecule is CSCCC(NC(=O)C(NC(=O)C(N)CCCN=C(N)N)C(C)C)C(=O)NC(CCC(=O)O)C(=O)O. The topological polar surface area (TPSA) is 252 Å². The van der Waals surface area contributed by atoms with Crippen molar-refractivity contribution >= 4 is 47.4 Å². The lowest BCUT2D eigenvalue weighted by Gasteiger charge is -2.27. The minimum atomic E-state index is -1.43. The van der Waals surface area contributed by atoms with E-state index >= 15 is 0 Å². The summed E-state index contributed by atoms with van der Waals surface area (Å²) in [4.78, 5) is 64.3. The fourth-order valence-electron chi connectivity index (χ4n) is 3.01. The third-order valence-corrected chi connectivity index (χ3v) is 5.70. The Kier molecular flexibility index (Phi) is 15.9. The fourth-order valence-corrected chi connectivity index (χ4v) is 3.48. The summed E-state index contributed by atoms with van der Waals surface area (Å²) in [5.74, 6) is -4.49. The standard InChI is InChI=1S/C21H39N7O7S/c1-11(2)16(28-17(31)12(22)5-4-9-25-21(23)24)19(33)26-13(8-10-36-3)18(32)27-14(20(34)35)6-7-15(29)30/h11-14,16H,4-10,22H2,1-3H3,(H,26,33)(H,27,32)(H,28,31)(H,29,30)(H,34,35)(H4,23,24,25). The van der Waals surface area contributed by atoms with Crippen molar-refractivity contribution in [2.24, 2.45) is 28.1 Å². The van der Waals surface area contributed by atoms with Crippen LogP contribution >= 0.6 is 11.8 Å². The third-order valence-electron chi connectivity index (χ3n) is 5.06. The number of rotatable bonds is 18. The van der Waals surface area contributed by atoms with Gasteiger partial charge in [0.1, 0.15) is 18.1 Å². The van der Waals surface area contributed by atoms with Crippen LogP contribution < -0.4 is 33.2 Å². The number of nitrogens with two attached hydrogens (primary N) is 3. The van der Waals surface area contributed by atoms with Gasteiger partial charge in [0, 0.05) is 13.0 Å². The lowest BCUT2D eigenvalue weighted by Crippen LogP contribution is -2.58. The van der Waals surface area contributed by atoms with Gasteiger partial charge in [-0.3, -0.25) is 24.2 Å². The lowest BCUT2D eigenvalue weighted by atomic mass is 10.0. The summed E-state index contributed by atoms with van der Waals surface area (Å²) >= 11 is 1.42. The van der Waals surface area contributed by atoms with Crippen LogP contribution in [0.3, 0.4) is 0 Å². The van der Waals surface area contributed by atoms with Crippen molar-refractivity contribution in [1.29, 1.82) is 0 Å². The second kappa shape index (κ2) is 17.4. The average molecular weight is 534 g/mol. The molecule has 206 valence electrons. The molecule has 0 aliphatic rings. The van der Waals surface area contributed by atoms with Crippen LogP contribution in [0.25, 0.3) is 0 Å². The van der Waals surface area contributed by atoms with E-state index in [1.807, 2.05) is 0 Å². The zero-order valence-electron chi connectivity index (χ0n) is 20.9. The Labute approximate surface area is 214 Å². The first-order valence-corrected chi connectivity index (χ1v) is 12.8. The van der Waals surface area contributed by atoms with Gasteiger partial charge in [0.2, 0.25) is 17.7 Å². The molecule has 4 atom stereocenters. The zero-order valence-corrected chi connectivity index (χ0v) is 21.7. The first-order valence-electron chi connectivity index (χ1n) is 11.5. The predicted octanol–water partition coefficient (Wildman–Crippen LogP) is -1.82. The maximum absolute atomic E-state index is 13.0. The number of aliphatic imine (C=N–C) groups is 1. The Morgan fingerprint density at radius 1 is 0.889 bits per heavy atom. The van der Waals surface area contributed by atoms with E-state index in [9.17, 15) is 29.1 Å². The Balaban J connectivity index is 5.30. The van der Waals surface area contributed by atoms with Gasteiger partial charge in [-0.05, 0) is 43.6 Å². The van der Waals surface area contributed by atoms with Crippen molar-refractivity contribution < 1.29 is 34.2 Å². The molecule has 0 spiro atoms. The largest absolute Gasteiger partial charge is 0.481 e. The van der Waals surface area contributed by atoms with Crippen LogP contribution in [0.1, 0.15) is 46.0 Å². The number of amides is 3. The van der Waals surface area contributed by atoms with Gasteiger partial charge in [0.15, 0.2) is 5.96 Å². The first-order chi connectivity index (χ1) is 16.8. The molecule has 0 fully saturated rings. The van der Waals surface area contributed by atoms with Gasteiger partial charge in [0.05, 0.1) is 6.04 Å². The number of carbonyl (C=O) groups is 5. The Morgan fingerprint density at radius 3 is 2.00 bits per heavy atom. The average Bonchev–Trinajstić information content (AvgIpc) is 2.78. The number of nitrogens with zero attached hydrogens (tertiary/aromatic N) is 1. The van der Waals surface area contributed by atoms with Crippen LogP contribution in [0.15, 0.2) is 4.99 Å². The first kappa shape index (κ1) is 32.9. The molecule has 3 amide bonds. The third kappa shape index (κ3) is 13.7. The van der Waals surface area contributed by atoms with Crippen molar-refractivity contribution in [3.05, 3.63) is 0 Å².